The van der Waals surface area contributed by atoms with Gasteiger partial charge in [-0.1, -0.05) is 25.3 Å². The van der Waals surface area contributed by atoms with Gasteiger partial charge in [0.25, 0.3) is 0 Å². The van der Waals surface area contributed by atoms with E-state index in [0.29, 0.717) is 0 Å². The Morgan fingerprint density at radius 2 is 1.73 bits per heavy atom. The molecule has 0 unspecified atom stereocenters. The summed E-state index contributed by atoms with van der Waals surface area (Å²) in [6.45, 7) is 6.88. The van der Waals surface area contributed by atoms with Gasteiger partial charge in [-0.25, -0.2) is 4.79 Å². The molecular weight excluding hydrogens is 196 g/mol. The highest BCUT2D eigenvalue weighted by molar-refractivity contribution is 5.94. The second kappa shape index (κ2) is 3.88. The van der Waals surface area contributed by atoms with Crippen LogP contribution in [0.1, 0.15) is 21.5 Å². The fraction of sp³-hybridized carbons (Fsp3) is 0. The minimum absolute atomic E-state index is 0.155. The monoisotopic (exact) mass is 206 g/mol. The summed E-state index contributed by atoms with van der Waals surface area (Å²) in [4.78, 5) is 10.7. The summed E-state index contributed by atoms with van der Waals surface area (Å²) >= 11 is 0. The fourth-order valence-corrected chi connectivity index (χ4v) is 1.28. The number of rotatable bonds is 3. The van der Waals surface area contributed by atoms with Crippen LogP contribution in [0.2, 0.25) is 0 Å². The second-order valence-corrected chi connectivity index (χ2v) is 2.83. The maximum Gasteiger partial charge on any atom is 0.339 e. The second-order valence-electron chi connectivity index (χ2n) is 2.83. The van der Waals surface area contributed by atoms with Gasteiger partial charge in [0, 0.05) is 11.1 Å². The molecule has 1 aromatic rings. The Hall–Kier alpha value is -2.23. The average Bonchev–Trinajstić information content (AvgIpc) is 2.19. The number of carboxylic acids is 1. The van der Waals surface area contributed by atoms with Crippen LogP contribution in [0.4, 0.5) is 0 Å². The summed E-state index contributed by atoms with van der Waals surface area (Å²) in [6.07, 6.45) is 2.58. The van der Waals surface area contributed by atoms with Crippen molar-refractivity contribution in [3.63, 3.8) is 0 Å². The van der Waals surface area contributed by atoms with Crippen LogP contribution in [0.15, 0.2) is 19.2 Å². The van der Waals surface area contributed by atoms with Crippen molar-refractivity contribution in [1.29, 1.82) is 0 Å². The first-order chi connectivity index (χ1) is 7.02. The molecule has 0 amide bonds. The molecule has 1 rings (SSSR count). The van der Waals surface area contributed by atoms with Gasteiger partial charge in [-0.15, -0.1) is 0 Å². The minimum atomic E-state index is -1.32. The van der Waals surface area contributed by atoms with Crippen molar-refractivity contribution in [3.05, 3.63) is 35.9 Å². The molecule has 0 radical (unpaired) electrons. The standard InChI is InChI=1S/C11H10O4/c1-3-6-7(4-2)10(13)8(11(14)15)5-9(6)12/h3-5,12-13H,1-2H2,(H,14,15). The van der Waals surface area contributed by atoms with Crippen LogP contribution >= 0.6 is 0 Å². The van der Waals surface area contributed by atoms with Crippen molar-refractivity contribution < 1.29 is 20.1 Å². The molecule has 0 heterocycles. The van der Waals surface area contributed by atoms with Gasteiger partial charge < -0.3 is 15.3 Å². The maximum absolute atomic E-state index is 10.7. The van der Waals surface area contributed by atoms with Gasteiger partial charge in [0.1, 0.15) is 17.1 Å². The van der Waals surface area contributed by atoms with Gasteiger partial charge in [0.05, 0.1) is 0 Å². The Balaban J connectivity index is 3.65. The van der Waals surface area contributed by atoms with Gasteiger partial charge in [-0.3, -0.25) is 0 Å². The number of aromatic hydroxyl groups is 2. The van der Waals surface area contributed by atoms with Gasteiger partial charge in [-0.05, 0) is 6.07 Å². The Morgan fingerprint density at radius 3 is 2.13 bits per heavy atom. The topological polar surface area (TPSA) is 77.8 Å². The summed E-state index contributed by atoms with van der Waals surface area (Å²) in [5, 5.41) is 27.8. The van der Waals surface area contributed by atoms with Gasteiger partial charge in [0.15, 0.2) is 0 Å². The van der Waals surface area contributed by atoms with Crippen LogP contribution in [-0.2, 0) is 0 Å². The molecule has 3 N–H and O–H groups in total. The number of phenolic OH excluding ortho intramolecular Hbond substituents is 1. The average molecular weight is 206 g/mol. The first-order valence-electron chi connectivity index (χ1n) is 4.10. The molecule has 0 aliphatic carbocycles. The molecule has 1 aromatic carbocycles. The molecule has 78 valence electrons. The summed E-state index contributed by atoms with van der Waals surface area (Å²) < 4.78 is 0. The molecule has 0 aliphatic rings. The SMILES string of the molecule is C=Cc1c(O)cc(C(=O)O)c(O)c1C=C. The Morgan fingerprint density at radius 1 is 1.20 bits per heavy atom. The van der Waals surface area contributed by atoms with Crippen LogP contribution in [0.5, 0.6) is 11.5 Å². The van der Waals surface area contributed by atoms with Crippen molar-refractivity contribution in [2.45, 2.75) is 0 Å². The zero-order chi connectivity index (χ0) is 11.6. The zero-order valence-corrected chi connectivity index (χ0v) is 7.90. The Labute approximate surface area is 86.4 Å². The van der Waals surface area contributed by atoms with Crippen LogP contribution in [0, 0.1) is 0 Å². The first-order valence-corrected chi connectivity index (χ1v) is 4.10. The molecule has 4 heteroatoms. The maximum atomic E-state index is 10.7. The number of carbonyl (C=O) groups is 1. The molecule has 0 bridgehead atoms. The lowest BCUT2D eigenvalue weighted by atomic mass is 10.0. The van der Waals surface area contributed by atoms with E-state index in [1.165, 1.54) is 12.2 Å². The zero-order valence-electron chi connectivity index (χ0n) is 7.90. The summed E-state index contributed by atoms with van der Waals surface area (Å²) in [5.41, 5.74) is 0.0444. The molecule has 0 aromatic heterocycles. The molecule has 0 fully saturated rings. The predicted molar refractivity (Wildman–Crippen MR) is 56.9 cm³/mol. The van der Waals surface area contributed by atoms with Crippen molar-refractivity contribution in [3.8, 4) is 11.5 Å². The largest absolute Gasteiger partial charge is 0.507 e. The Kier molecular flexibility index (Phi) is 2.80. The van der Waals surface area contributed by atoms with Crippen molar-refractivity contribution in [2.24, 2.45) is 0 Å². The number of phenols is 2. The normalized spacial score (nSPS) is 9.60. The van der Waals surface area contributed by atoms with Gasteiger partial charge in [-0.2, -0.15) is 0 Å². The highest BCUT2D eigenvalue weighted by Gasteiger charge is 2.17. The molecular formula is C11H10O4. The molecule has 0 atom stereocenters. The highest BCUT2D eigenvalue weighted by atomic mass is 16.4. The van der Waals surface area contributed by atoms with E-state index in [4.69, 9.17) is 5.11 Å². The van der Waals surface area contributed by atoms with E-state index in [1.54, 1.807) is 0 Å². The van der Waals surface area contributed by atoms with Crippen LogP contribution in [-0.4, -0.2) is 21.3 Å². The first kappa shape index (κ1) is 10.8. The fourth-order valence-electron chi connectivity index (χ4n) is 1.28. The van der Waals surface area contributed by atoms with Crippen LogP contribution in [0.25, 0.3) is 12.2 Å². The lowest BCUT2D eigenvalue weighted by molar-refractivity contribution is 0.0693. The summed E-state index contributed by atoms with van der Waals surface area (Å²) in [7, 11) is 0. The van der Waals surface area contributed by atoms with E-state index < -0.39 is 11.7 Å². The van der Waals surface area contributed by atoms with Crippen molar-refractivity contribution in [2.75, 3.05) is 0 Å². The van der Waals surface area contributed by atoms with Gasteiger partial charge in [0.2, 0.25) is 0 Å². The molecule has 4 nitrogen and oxygen atoms in total. The van der Waals surface area contributed by atoms with E-state index in [2.05, 4.69) is 13.2 Å². The highest BCUT2D eigenvalue weighted by Crippen LogP contribution is 2.34. The van der Waals surface area contributed by atoms with Crippen molar-refractivity contribution >= 4 is 18.1 Å². The lowest BCUT2D eigenvalue weighted by Gasteiger charge is -2.09. The number of carboxylic acid groups (broad SMARTS) is 1. The number of hydrogen-bond acceptors (Lipinski definition) is 3. The molecule has 0 saturated carbocycles. The van der Waals surface area contributed by atoms with Gasteiger partial charge >= 0.3 is 5.97 Å². The third-order valence-electron chi connectivity index (χ3n) is 2.00. The van der Waals surface area contributed by atoms with Crippen LogP contribution < -0.4 is 0 Å². The molecule has 15 heavy (non-hydrogen) atoms. The van der Waals surface area contributed by atoms with E-state index in [0.717, 1.165) is 6.07 Å². The lowest BCUT2D eigenvalue weighted by Crippen LogP contribution is -1.99. The third kappa shape index (κ3) is 1.69. The molecule has 0 saturated heterocycles. The van der Waals surface area contributed by atoms with E-state index in [-0.39, 0.29) is 22.4 Å². The third-order valence-corrected chi connectivity index (χ3v) is 2.00. The number of hydrogen-bond donors (Lipinski definition) is 3. The quantitative estimate of drug-likeness (QED) is 0.661. The van der Waals surface area contributed by atoms with E-state index >= 15 is 0 Å². The molecule has 0 aliphatic heterocycles. The Bertz CT molecular complexity index is 446. The minimum Gasteiger partial charge on any atom is -0.507 e. The number of aromatic carboxylic acids is 1. The van der Waals surface area contributed by atoms with E-state index in [1.807, 2.05) is 0 Å². The van der Waals surface area contributed by atoms with E-state index in [9.17, 15) is 15.0 Å². The predicted octanol–water partition coefficient (Wildman–Crippen LogP) is 2.08. The number of benzene rings is 1. The summed E-state index contributed by atoms with van der Waals surface area (Å²) in [5.74, 6) is -2.00. The molecule has 0 spiro atoms. The van der Waals surface area contributed by atoms with Crippen molar-refractivity contribution in [1.82, 2.24) is 0 Å². The van der Waals surface area contributed by atoms with Crippen LogP contribution in [0.3, 0.4) is 0 Å². The summed E-state index contributed by atoms with van der Waals surface area (Å²) in [6, 6.07) is 0.974. The smallest absolute Gasteiger partial charge is 0.339 e.